The first-order valence-electron chi connectivity index (χ1n) is 9.65. The average molecular weight is 610 g/mol. The number of hydrogen-bond donors (Lipinski definition) is 1. The van der Waals surface area contributed by atoms with E-state index in [-0.39, 0.29) is 45.8 Å². The third kappa shape index (κ3) is 8.19. The molecule has 0 aromatic heterocycles. The van der Waals surface area contributed by atoms with Gasteiger partial charge < -0.3 is 0 Å². The summed E-state index contributed by atoms with van der Waals surface area (Å²) >= 11 is -0.00533. The van der Waals surface area contributed by atoms with Crippen LogP contribution in [0, 0.1) is 13.8 Å². The number of esters is 2. The molecule has 0 aliphatic rings. The van der Waals surface area contributed by atoms with Gasteiger partial charge in [-0.3, -0.25) is 0 Å². The van der Waals surface area contributed by atoms with Crippen LogP contribution in [0.3, 0.4) is 0 Å². The molecule has 0 fully saturated rings. The molecule has 0 radical (unpaired) electrons. The summed E-state index contributed by atoms with van der Waals surface area (Å²) < 4.78 is 15.0. The molecule has 0 saturated carbocycles. The Labute approximate surface area is 204 Å². The third-order valence-corrected chi connectivity index (χ3v) is 8.12. The number of carbonyl (C=O) groups excluding carboxylic acids is 2. The fourth-order valence-electron chi connectivity index (χ4n) is 3.12. The van der Waals surface area contributed by atoms with Crippen molar-refractivity contribution in [2.75, 3.05) is 20.8 Å². The minimum atomic E-state index is -0.344. The fraction of sp³-hybridized carbons (Fsp3) is 0.364. The van der Waals surface area contributed by atoms with Gasteiger partial charge in [0.2, 0.25) is 0 Å². The first-order chi connectivity index (χ1) is 15.2. The molecule has 0 bridgehead atoms. The molecule has 2 aromatic carbocycles. The van der Waals surface area contributed by atoms with E-state index in [2.05, 4.69) is 15.0 Å². The molecule has 0 aliphatic carbocycles. The normalized spacial score (nSPS) is 10.0. The van der Waals surface area contributed by atoms with Crippen LogP contribution in [0.1, 0.15) is 49.9 Å². The predicted octanol–water partition coefficient (Wildman–Crippen LogP) is 3.66. The van der Waals surface area contributed by atoms with Gasteiger partial charge in [0.1, 0.15) is 0 Å². The molecule has 0 spiro atoms. The Hall–Kier alpha value is -1.38. The topological polar surface area (TPSA) is 82.1 Å². The number of carbonyl (C=O) groups is 2. The molecule has 0 saturated heterocycles. The van der Waals surface area contributed by atoms with Gasteiger partial charge in [-0.05, 0) is 0 Å². The van der Waals surface area contributed by atoms with E-state index in [4.69, 9.17) is 14.2 Å². The summed E-state index contributed by atoms with van der Waals surface area (Å²) in [5, 5.41) is 11.1. The van der Waals surface area contributed by atoms with Gasteiger partial charge in [-0.2, -0.15) is 0 Å². The van der Waals surface area contributed by atoms with E-state index in [9.17, 15) is 14.7 Å². The van der Waals surface area contributed by atoms with E-state index in [0.717, 1.165) is 38.6 Å². The van der Waals surface area contributed by atoms with Crippen molar-refractivity contribution < 1.29 is 28.9 Å². The molecule has 0 aliphatic heterocycles. The zero-order valence-corrected chi connectivity index (χ0v) is 24.6. The van der Waals surface area contributed by atoms with Crippen LogP contribution in [0.2, 0.25) is 0 Å². The van der Waals surface area contributed by atoms with Crippen molar-refractivity contribution in [1.29, 1.82) is 0 Å². The molecule has 32 heavy (non-hydrogen) atoms. The number of methoxy groups -OCH3 is 2. The van der Waals surface area contributed by atoms with Gasteiger partial charge in [0.05, 0.1) is 0 Å². The monoisotopic (exact) mass is 612 g/mol. The molecule has 0 unspecified atom stereocenters. The number of rotatable bonds is 8. The van der Waals surface area contributed by atoms with E-state index in [0.29, 0.717) is 17.7 Å². The summed E-state index contributed by atoms with van der Waals surface area (Å²) in [6.45, 7) is 6.26. The molecule has 176 valence electrons. The number of phenolic OH excluding ortho intramolecular Hbond substituents is 1. The van der Waals surface area contributed by atoms with Crippen molar-refractivity contribution in [3.8, 4) is 11.5 Å². The second kappa shape index (κ2) is 14.7. The molecule has 2 aromatic rings. The SMILES string of the molecule is CCOc1cc(C)c(C(=O)OC)c(C[SeH]=P)c1.COC(=O)c1c(C)cc(O)cc1C[SeH]=P. The van der Waals surface area contributed by atoms with Gasteiger partial charge in [-0.1, -0.05) is 0 Å². The Bertz CT molecular complexity index is 995. The van der Waals surface area contributed by atoms with Crippen LogP contribution in [0.5, 0.6) is 11.5 Å². The fourth-order valence-corrected chi connectivity index (χ4v) is 6.65. The van der Waals surface area contributed by atoms with Crippen molar-refractivity contribution in [3.63, 3.8) is 0 Å². The van der Waals surface area contributed by atoms with Crippen LogP contribution in [0.15, 0.2) is 24.3 Å². The van der Waals surface area contributed by atoms with E-state index >= 15 is 0 Å². The van der Waals surface area contributed by atoms with Crippen LogP contribution in [0.25, 0.3) is 0 Å². The van der Waals surface area contributed by atoms with Gasteiger partial charge in [0, 0.05) is 0 Å². The third-order valence-electron chi connectivity index (χ3n) is 4.38. The number of hydrogen-bond acceptors (Lipinski definition) is 6. The van der Waals surface area contributed by atoms with Crippen LogP contribution in [-0.2, 0) is 20.1 Å². The first-order valence-corrected chi connectivity index (χ1v) is 18.8. The van der Waals surface area contributed by atoms with Crippen molar-refractivity contribution in [2.45, 2.75) is 31.4 Å². The first kappa shape index (κ1) is 28.7. The Balaban J connectivity index is 0.000000323. The summed E-state index contributed by atoms with van der Waals surface area (Å²) in [5.41, 5.74) is 4.73. The quantitative estimate of drug-likeness (QED) is 0.280. The summed E-state index contributed by atoms with van der Waals surface area (Å²) in [6, 6.07) is 7.00. The second-order valence-electron chi connectivity index (χ2n) is 6.62. The van der Waals surface area contributed by atoms with Gasteiger partial charge in [0.15, 0.2) is 0 Å². The van der Waals surface area contributed by atoms with Gasteiger partial charge >= 0.3 is 205 Å². The van der Waals surface area contributed by atoms with Gasteiger partial charge in [-0.15, -0.1) is 0 Å². The van der Waals surface area contributed by atoms with Crippen LogP contribution < -0.4 is 4.74 Å². The molecular weight excluding hydrogens is 580 g/mol. The maximum atomic E-state index is 11.7. The Kier molecular flexibility index (Phi) is 13.2. The van der Waals surface area contributed by atoms with Crippen LogP contribution in [0.4, 0.5) is 0 Å². The number of benzene rings is 2. The van der Waals surface area contributed by atoms with Crippen molar-refractivity contribution in [2.24, 2.45) is 0 Å². The number of aromatic hydroxyl groups is 1. The minimum absolute atomic E-state index is 0.0214. The molecule has 0 atom stereocenters. The zero-order valence-electron chi connectivity index (χ0n) is 18.8. The maximum absolute atomic E-state index is 11.7. The van der Waals surface area contributed by atoms with E-state index in [1.54, 1.807) is 19.1 Å². The van der Waals surface area contributed by atoms with Crippen LogP contribution >= 0.6 is 15.0 Å². The molecule has 2 rings (SSSR count). The average Bonchev–Trinajstić information content (AvgIpc) is 2.73. The summed E-state index contributed by atoms with van der Waals surface area (Å²) in [4.78, 5) is 23.3. The van der Waals surface area contributed by atoms with Gasteiger partial charge in [-0.25, -0.2) is 0 Å². The second-order valence-corrected chi connectivity index (χ2v) is 12.6. The summed E-state index contributed by atoms with van der Waals surface area (Å²) in [6.07, 6.45) is 0. The molecule has 1 N–H and O–H groups in total. The summed E-state index contributed by atoms with van der Waals surface area (Å²) in [7, 11) is 9.74. The van der Waals surface area contributed by atoms with Gasteiger partial charge in [0.25, 0.3) is 0 Å². The van der Waals surface area contributed by atoms with E-state index in [1.807, 2.05) is 26.0 Å². The molecular formula is C22H30O6P2Se2. The standard InChI is InChI=1S/C12H17O3PSe.C10H13O3PSe/c1-4-15-10-5-8(2)11(12(13)14-3)9(6-10)7-17-16;1-6-3-8(11)4-7(5-15-14)9(6)10(12)13-2/h5-6,16-17H,4,7H2,1-3H3;3-4,11,14-15H,5H2,1-2H3. The molecule has 6 nitrogen and oxygen atoms in total. The Morgan fingerprint density at radius 3 is 1.78 bits per heavy atom. The summed E-state index contributed by atoms with van der Waals surface area (Å²) in [5.74, 6) is 0.385. The predicted molar refractivity (Wildman–Crippen MR) is 136 cm³/mol. The Morgan fingerprint density at radius 1 is 0.875 bits per heavy atom. The molecule has 10 heteroatoms. The van der Waals surface area contributed by atoms with Crippen LogP contribution in [-0.4, -0.2) is 66.0 Å². The Morgan fingerprint density at radius 2 is 1.34 bits per heavy atom. The number of ether oxygens (including phenoxy) is 3. The van der Waals surface area contributed by atoms with E-state index in [1.165, 1.54) is 14.2 Å². The van der Waals surface area contributed by atoms with Crippen molar-refractivity contribution in [1.82, 2.24) is 0 Å². The zero-order chi connectivity index (χ0) is 24.3. The van der Waals surface area contributed by atoms with Crippen molar-refractivity contribution >= 4 is 55.0 Å². The number of phenols is 1. The molecule has 0 heterocycles. The molecule has 0 amide bonds. The van der Waals surface area contributed by atoms with E-state index < -0.39 is 0 Å². The van der Waals surface area contributed by atoms with Crippen molar-refractivity contribution in [3.05, 3.63) is 57.6 Å². The number of aryl methyl sites for hydroxylation is 2.